The lowest BCUT2D eigenvalue weighted by atomic mass is 10.1. The molecule has 0 N–H and O–H groups in total. The van der Waals surface area contributed by atoms with Gasteiger partial charge in [0.15, 0.2) is 5.43 Å². The highest BCUT2D eigenvalue weighted by Gasteiger charge is 2.11. The largest absolute Gasteiger partial charge is 0.465 e. The van der Waals surface area contributed by atoms with E-state index in [0.717, 1.165) is 4.88 Å². The van der Waals surface area contributed by atoms with E-state index >= 15 is 0 Å². The zero-order chi connectivity index (χ0) is 14.1. The molecule has 20 heavy (non-hydrogen) atoms. The predicted octanol–water partition coefficient (Wildman–Crippen LogP) is 3.31. The molecule has 1 aromatic carbocycles. The number of ether oxygens (including phenoxy) is 1. The van der Waals surface area contributed by atoms with E-state index in [-0.39, 0.29) is 5.43 Å². The molecule has 0 saturated heterocycles. The second kappa shape index (κ2) is 4.94. The van der Waals surface area contributed by atoms with E-state index in [1.807, 2.05) is 17.5 Å². The summed E-state index contributed by atoms with van der Waals surface area (Å²) in [7, 11) is 1.30. The lowest BCUT2D eigenvalue weighted by molar-refractivity contribution is 0.0601. The molecule has 100 valence electrons. The Bertz CT molecular complexity index is 831. The lowest BCUT2D eigenvalue weighted by Gasteiger charge is -2.03. The third kappa shape index (κ3) is 2.12. The van der Waals surface area contributed by atoms with Gasteiger partial charge in [0, 0.05) is 6.07 Å². The maximum atomic E-state index is 12.2. The first-order valence-corrected chi connectivity index (χ1v) is 6.77. The van der Waals surface area contributed by atoms with Gasteiger partial charge < -0.3 is 9.15 Å². The number of hydrogen-bond acceptors (Lipinski definition) is 5. The number of rotatable bonds is 2. The quantitative estimate of drug-likeness (QED) is 0.678. The van der Waals surface area contributed by atoms with Crippen LogP contribution in [0.2, 0.25) is 0 Å². The zero-order valence-electron chi connectivity index (χ0n) is 10.6. The molecule has 0 bridgehead atoms. The fourth-order valence-electron chi connectivity index (χ4n) is 1.94. The standard InChI is InChI=1S/C15H10O4S/c1-18-15(17)9-4-5-12-10(7-9)11(16)8-13(19-12)14-3-2-6-20-14/h2-8H,1H3. The molecule has 0 radical (unpaired) electrons. The van der Waals surface area contributed by atoms with Crippen molar-refractivity contribution in [3.8, 4) is 10.6 Å². The second-order valence-electron chi connectivity index (χ2n) is 4.15. The van der Waals surface area contributed by atoms with E-state index < -0.39 is 5.97 Å². The summed E-state index contributed by atoms with van der Waals surface area (Å²) in [5, 5.41) is 2.29. The average molecular weight is 286 g/mol. The molecule has 0 spiro atoms. The number of carbonyl (C=O) groups excluding carboxylic acids is 1. The van der Waals surface area contributed by atoms with E-state index in [1.54, 1.807) is 12.1 Å². The molecular formula is C15H10O4S. The van der Waals surface area contributed by atoms with Gasteiger partial charge in [-0.3, -0.25) is 4.79 Å². The minimum absolute atomic E-state index is 0.180. The van der Waals surface area contributed by atoms with Crippen LogP contribution < -0.4 is 5.43 Å². The van der Waals surface area contributed by atoms with Crippen LogP contribution in [0, 0.1) is 0 Å². The molecule has 0 amide bonds. The fraction of sp³-hybridized carbons (Fsp3) is 0.0667. The third-order valence-corrected chi connectivity index (χ3v) is 3.80. The van der Waals surface area contributed by atoms with Gasteiger partial charge in [-0.1, -0.05) is 6.07 Å². The maximum Gasteiger partial charge on any atom is 0.337 e. The summed E-state index contributed by atoms with van der Waals surface area (Å²) in [6.45, 7) is 0. The van der Waals surface area contributed by atoms with E-state index in [0.29, 0.717) is 22.3 Å². The molecule has 3 rings (SSSR count). The summed E-state index contributed by atoms with van der Waals surface area (Å²) in [4.78, 5) is 24.5. The van der Waals surface area contributed by atoms with Gasteiger partial charge in [-0.2, -0.15) is 0 Å². The first-order chi connectivity index (χ1) is 9.69. The molecule has 4 nitrogen and oxygen atoms in total. The van der Waals surface area contributed by atoms with E-state index in [1.165, 1.54) is 30.6 Å². The van der Waals surface area contributed by atoms with Gasteiger partial charge in [0.25, 0.3) is 0 Å². The van der Waals surface area contributed by atoms with Crippen molar-refractivity contribution in [2.75, 3.05) is 7.11 Å². The summed E-state index contributed by atoms with van der Waals surface area (Å²) in [5.74, 6) is 0.0527. The number of hydrogen-bond donors (Lipinski definition) is 0. The number of esters is 1. The topological polar surface area (TPSA) is 56.5 Å². The van der Waals surface area contributed by atoms with Gasteiger partial charge in [-0.15, -0.1) is 11.3 Å². The van der Waals surface area contributed by atoms with Gasteiger partial charge in [-0.05, 0) is 29.6 Å². The zero-order valence-corrected chi connectivity index (χ0v) is 11.4. The van der Waals surface area contributed by atoms with Crippen molar-refractivity contribution in [2.45, 2.75) is 0 Å². The highest BCUT2D eigenvalue weighted by molar-refractivity contribution is 7.13. The van der Waals surface area contributed by atoms with Crippen LogP contribution in [0.25, 0.3) is 21.6 Å². The normalized spacial score (nSPS) is 10.7. The Morgan fingerprint density at radius 2 is 2.10 bits per heavy atom. The summed E-state index contributed by atoms with van der Waals surface area (Å²) in [6.07, 6.45) is 0. The van der Waals surface area contributed by atoms with Crippen molar-refractivity contribution in [3.05, 3.63) is 57.6 Å². The lowest BCUT2D eigenvalue weighted by Crippen LogP contribution is -2.05. The highest BCUT2D eigenvalue weighted by atomic mass is 32.1. The van der Waals surface area contributed by atoms with Gasteiger partial charge in [-0.25, -0.2) is 4.79 Å². The van der Waals surface area contributed by atoms with Crippen LogP contribution in [0.5, 0.6) is 0 Å². The van der Waals surface area contributed by atoms with Crippen molar-refractivity contribution in [3.63, 3.8) is 0 Å². The minimum Gasteiger partial charge on any atom is -0.465 e. The number of fused-ring (bicyclic) bond motifs is 1. The minimum atomic E-state index is -0.478. The Labute approximate surface area is 118 Å². The first kappa shape index (κ1) is 12.6. The van der Waals surface area contributed by atoms with Crippen molar-refractivity contribution in [1.29, 1.82) is 0 Å². The molecule has 0 unspecified atom stereocenters. The van der Waals surface area contributed by atoms with Gasteiger partial charge in [0.05, 0.1) is 22.9 Å². The third-order valence-electron chi connectivity index (χ3n) is 2.91. The molecule has 0 atom stereocenters. The van der Waals surface area contributed by atoms with Crippen LogP contribution in [-0.4, -0.2) is 13.1 Å². The number of benzene rings is 1. The van der Waals surface area contributed by atoms with Crippen LogP contribution in [0.4, 0.5) is 0 Å². The highest BCUT2D eigenvalue weighted by Crippen LogP contribution is 2.26. The molecular weight excluding hydrogens is 276 g/mol. The number of carbonyl (C=O) groups is 1. The molecule has 0 aliphatic carbocycles. The van der Waals surface area contributed by atoms with Crippen LogP contribution in [0.3, 0.4) is 0 Å². The van der Waals surface area contributed by atoms with Crippen LogP contribution in [0.15, 0.2) is 51.0 Å². The summed E-state index contributed by atoms with van der Waals surface area (Å²) in [5.41, 5.74) is 0.602. The molecule has 2 heterocycles. The first-order valence-electron chi connectivity index (χ1n) is 5.89. The van der Waals surface area contributed by atoms with E-state index in [2.05, 4.69) is 4.74 Å². The summed E-state index contributed by atoms with van der Waals surface area (Å²) < 4.78 is 10.4. The Morgan fingerprint density at radius 1 is 1.25 bits per heavy atom. The average Bonchev–Trinajstić information content (AvgIpc) is 3.00. The Hall–Kier alpha value is -2.40. The van der Waals surface area contributed by atoms with Crippen molar-refractivity contribution in [1.82, 2.24) is 0 Å². The molecule has 0 fully saturated rings. The van der Waals surface area contributed by atoms with E-state index in [4.69, 9.17) is 4.42 Å². The molecule has 2 aromatic heterocycles. The predicted molar refractivity (Wildman–Crippen MR) is 77.1 cm³/mol. The van der Waals surface area contributed by atoms with Gasteiger partial charge in [0.1, 0.15) is 11.3 Å². The molecule has 0 aliphatic heterocycles. The van der Waals surface area contributed by atoms with Crippen LogP contribution in [0.1, 0.15) is 10.4 Å². The van der Waals surface area contributed by atoms with Crippen molar-refractivity contribution in [2.24, 2.45) is 0 Å². The summed E-state index contributed by atoms with van der Waals surface area (Å²) >= 11 is 1.50. The SMILES string of the molecule is COC(=O)c1ccc2oc(-c3cccs3)cc(=O)c2c1. The van der Waals surface area contributed by atoms with Crippen molar-refractivity contribution < 1.29 is 13.9 Å². The Balaban J connectivity index is 2.20. The number of methoxy groups -OCH3 is 1. The van der Waals surface area contributed by atoms with Crippen molar-refractivity contribution >= 4 is 28.3 Å². The molecule has 3 aromatic rings. The second-order valence-corrected chi connectivity index (χ2v) is 5.10. The molecule has 5 heteroatoms. The molecule has 0 aliphatic rings. The van der Waals surface area contributed by atoms with E-state index in [9.17, 15) is 9.59 Å². The Kier molecular flexibility index (Phi) is 3.12. The fourth-order valence-corrected chi connectivity index (χ4v) is 2.62. The number of thiophene rings is 1. The maximum absolute atomic E-state index is 12.2. The van der Waals surface area contributed by atoms with Crippen LogP contribution >= 0.6 is 11.3 Å². The van der Waals surface area contributed by atoms with Gasteiger partial charge >= 0.3 is 5.97 Å². The summed E-state index contributed by atoms with van der Waals surface area (Å²) in [6, 6.07) is 9.90. The smallest absolute Gasteiger partial charge is 0.337 e. The monoisotopic (exact) mass is 286 g/mol. The Morgan fingerprint density at radius 3 is 2.80 bits per heavy atom. The van der Waals surface area contributed by atoms with Gasteiger partial charge in [0.2, 0.25) is 0 Å². The van der Waals surface area contributed by atoms with Crippen LogP contribution in [-0.2, 0) is 4.74 Å². The molecule has 0 saturated carbocycles.